The summed E-state index contributed by atoms with van der Waals surface area (Å²) in [7, 11) is 0. The lowest BCUT2D eigenvalue weighted by Gasteiger charge is -2.33. The summed E-state index contributed by atoms with van der Waals surface area (Å²) >= 11 is 0. The minimum absolute atomic E-state index is 0.268. The van der Waals surface area contributed by atoms with Crippen molar-refractivity contribution in [3.63, 3.8) is 0 Å². The van der Waals surface area contributed by atoms with Crippen LogP contribution >= 0.6 is 0 Å². The van der Waals surface area contributed by atoms with Gasteiger partial charge in [-0.3, -0.25) is 0 Å². The summed E-state index contributed by atoms with van der Waals surface area (Å²) in [6, 6.07) is 39.4. The van der Waals surface area contributed by atoms with Crippen LogP contribution < -0.4 is 9.64 Å². The molecule has 0 N–H and O–H groups in total. The molecule has 38 heavy (non-hydrogen) atoms. The van der Waals surface area contributed by atoms with Crippen LogP contribution in [-0.2, 0) is 0 Å². The van der Waals surface area contributed by atoms with E-state index < -0.39 is 0 Å². The molecule has 7 rings (SSSR count). The Hall–Kier alpha value is -4.96. The maximum absolute atomic E-state index is 13.8. The Labute approximate surface area is 220 Å². The van der Waals surface area contributed by atoms with Gasteiger partial charge in [-0.1, -0.05) is 60.7 Å². The molecule has 0 bridgehead atoms. The topological polar surface area (TPSA) is 25.4 Å². The van der Waals surface area contributed by atoms with Gasteiger partial charge in [0.25, 0.3) is 0 Å². The number of nitrogens with zero attached hydrogens (tertiary/aromatic N) is 2. The number of rotatable bonds is 3. The van der Waals surface area contributed by atoms with E-state index in [1.54, 1.807) is 12.1 Å². The van der Waals surface area contributed by atoms with Gasteiger partial charge in [0.05, 0.1) is 28.3 Å². The van der Waals surface area contributed by atoms with Gasteiger partial charge in [0.15, 0.2) is 11.5 Å². The Morgan fingerprint density at radius 2 is 1.26 bits per heavy atom. The highest BCUT2D eigenvalue weighted by atomic mass is 19.1. The summed E-state index contributed by atoms with van der Waals surface area (Å²) in [4.78, 5) is 7.47. The summed E-state index contributed by atoms with van der Waals surface area (Å²) in [6.45, 7) is 2.12. The van der Waals surface area contributed by atoms with Gasteiger partial charge in [0.1, 0.15) is 5.82 Å². The van der Waals surface area contributed by atoms with E-state index in [1.165, 1.54) is 12.1 Å². The highest BCUT2D eigenvalue weighted by molar-refractivity contribution is 6.07. The highest BCUT2D eigenvalue weighted by Gasteiger charge is 2.28. The number of ether oxygens (including phenoxy) is 1. The van der Waals surface area contributed by atoms with Gasteiger partial charge in [-0.2, -0.15) is 0 Å². The number of anilines is 3. The normalized spacial score (nSPS) is 12.1. The van der Waals surface area contributed by atoms with Gasteiger partial charge in [-0.25, -0.2) is 9.37 Å². The van der Waals surface area contributed by atoms with Crippen LogP contribution in [0.4, 0.5) is 21.5 Å². The first-order valence-corrected chi connectivity index (χ1v) is 12.6. The molecule has 0 spiro atoms. The molecular weight excluding hydrogens is 471 g/mol. The van der Waals surface area contributed by atoms with Crippen LogP contribution in [0.25, 0.3) is 33.3 Å². The lowest BCUT2D eigenvalue weighted by atomic mass is 9.94. The second-order valence-corrected chi connectivity index (χ2v) is 9.43. The first-order valence-electron chi connectivity index (χ1n) is 12.6. The van der Waals surface area contributed by atoms with E-state index in [-0.39, 0.29) is 5.82 Å². The SMILES string of the molecule is Cc1ccc(N2c3ccccc3Oc3ccccc32)c2nc(-c3ccc(F)cc3)cc(-c3ccccc3)c12. The molecule has 1 aliphatic rings. The number of pyridine rings is 1. The van der Waals surface area contributed by atoms with Crippen LogP contribution in [0.5, 0.6) is 11.5 Å². The fourth-order valence-electron chi connectivity index (χ4n) is 5.25. The fraction of sp³-hybridized carbons (Fsp3) is 0.0294. The van der Waals surface area contributed by atoms with Crippen LogP contribution in [0.15, 0.2) is 121 Å². The van der Waals surface area contributed by atoms with Crippen molar-refractivity contribution in [3.05, 3.63) is 133 Å². The number of hydrogen-bond acceptors (Lipinski definition) is 3. The molecule has 0 aliphatic carbocycles. The van der Waals surface area contributed by atoms with Crippen LogP contribution in [-0.4, -0.2) is 4.98 Å². The second kappa shape index (κ2) is 8.86. The standard InChI is InChI=1S/C34H23FN2O/c1-22-15-20-30(37-28-11-5-7-13-31(28)38-32-14-8-6-12-29(32)37)34-33(22)26(23-9-3-2-4-10-23)21-27(36-34)24-16-18-25(35)19-17-24/h2-21H,1H3. The molecule has 0 fully saturated rings. The van der Waals surface area contributed by atoms with Crippen molar-refractivity contribution in [1.29, 1.82) is 0 Å². The molecule has 2 heterocycles. The minimum Gasteiger partial charge on any atom is -0.453 e. The van der Waals surface area contributed by atoms with Crippen LogP contribution in [0, 0.1) is 12.7 Å². The van der Waals surface area contributed by atoms with Crippen LogP contribution in [0.1, 0.15) is 5.56 Å². The zero-order valence-electron chi connectivity index (χ0n) is 20.7. The first kappa shape index (κ1) is 22.3. The summed E-state index contributed by atoms with van der Waals surface area (Å²) < 4.78 is 20.1. The van der Waals surface area contributed by atoms with E-state index in [9.17, 15) is 4.39 Å². The molecule has 0 radical (unpaired) electrons. The zero-order valence-corrected chi connectivity index (χ0v) is 20.7. The summed E-state index contributed by atoms with van der Waals surface area (Å²) in [5.74, 6) is 1.31. The maximum atomic E-state index is 13.8. The Bertz CT molecular complexity index is 1770. The molecule has 6 aromatic rings. The number of aromatic nitrogens is 1. The van der Waals surface area contributed by atoms with Crippen LogP contribution in [0.3, 0.4) is 0 Å². The molecule has 5 aromatic carbocycles. The van der Waals surface area contributed by atoms with E-state index in [0.29, 0.717) is 0 Å². The third kappa shape index (κ3) is 3.61. The molecule has 1 aliphatic heterocycles. The molecule has 0 unspecified atom stereocenters. The monoisotopic (exact) mass is 494 g/mol. The third-order valence-electron chi connectivity index (χ3n) is 7.05. The summed E-state index contributed by atoms with van der Waals surface area (Å²) in [5, 5.41) is 1.08. The Kier molecular flexibility index (Phi) is 5.19. The van der Waals surface area contributed by atoms with Crippen molar-refractivity contribution in [3.8, 4) is 33.9 Å². The Balaban J connectivity index is 1.58. The smallest absolute Gasteiger partial charge is 0.151 e. The molecule has 0 saturated carbocycles. The van der Waals surface area contributed by atoms with E-state index in [2.05, 4.69) is 54.3 Å². The number of hydrogen-bond donors (Lipinski definition) is 0. The van der Waals surface area contributed by atoms with E-state index in [1.807, 2.05) is 54.6 Å². The number of halogens is 1. The van der Waals surface area contributed by atoms with Gasteiger partial charge in [0, 0.05) is 10.9 Å². The number of para-hydroxylation sites is 4. The van der Waals surface area contributed by atoms with Gasteiger partial charge < -0.3 is 9.64 Å². The molecule has 0 saturated heterocycles. The molecular formula is C34H23FN2O. The lowest BCUT2D eigenvalue weighted by molar-refractivity contribution is 0.477. The first-order chi connectivity index (χ1) is 18.7. The van der Waals surface area contributed by atoms with Crippen molar-refractivity contribution in [1.82, 2.24) is 4.98 Å². The lowest BCUT2D eigenvalue weighted by Crippen LogP contribution is -2.16. The van der Waals surface area contributed by atoms with Crippen molar-refractivity contribution < 1.29 is 9.13 Å². The maximum Gasteiger partial charge on any atom is 0.151 e. The average Bonchev–Trinajstić information content (AvgIpc) is 2.97. The van der Waals surface area contributed by atoms with Crippen molar-refractivity contribution in [2.45, 2.75) is 6.92 Å². The van der Waals surface area contributed by atoms with Gasteiger partial charge >= 0.3 is 0 Å². The second-order valence-electron chi connectivity index (χ2n) is 9.43. The number of benzene rings is 5. The summed E-state index contributed by atoms with van der Waals surface area (Å²) in [5.41, 5.74) is 8.70. The number of fused-ring (bicyclic) bond motifs is 3. The van der Waals surface area contributed by atoms with E-state index in [4.69, 9.17) is 9.72 Å². The molecule has 4 heteroatoms. The van der Waals surface area contributed by atoms with Crippen molar-refractivity contribution >= 4 is 28.0 Å². The predicted molar refractivity (Wildman–Crippen MR) is 152 cm³/mol. The molecule has 1 aromatic heterocycles. The predicted octanol–water partition coefficient (Wildman–Crippen LogP) is 9.59. The van der Waals surface area contributed by atoms with E-state index in [0.717, 1.165) is 67.4 Å². The van der Waals surface area contributed by atoms with Gasteiger partial charge in [0.2, 0.25) is 0 Å². The Morgan fingerprint density at radius 3 is 1.95 bits per heavy atom. The Morgan fingerprint density at radius 1 is 0.632 bits per heavy atom. The molecule has 0 amide bonds. The van der Waals surface area contributed by atoms with Crippen molar-refractivity contribution in [2.24, 2.45) is 0 Å². The number of aryl methyl sites for hydroxylation is 1. The fourth-order valence-corrected chi connectivity index (χ4v) is 5.25. The van der Waals surface area contributed by atoms with Crippen molar-refractivity contribution in [2.75, 3.05) is 4.90 Å². The van der Waals surface area contributed by atoms with Gasteiger partial charge in [-0.05, 0) is 84.3 Å². The largest absolute Gasteiger partial charge is 0.453 e. The summed E-state index contributed by atoms with van der Waals surface area (Å²) in [6.07, 6.45) is 0. The average molecular weight is 495 g/mol. The van der Waals surface area contributed by atoms with Gasteiger partial charge in [-0.15, -0.1) is 0 Å². The van der Waals surface area contributed by atoms with E-state index >= 15 is 0 Å². The zero-order chi connectivity index (χ0) is 25.6. The molecule has 182 valence electrons. The quantitative estimate of drug-likeness (QED) is 0.244. The highest BCUT2D eigenvalue weighted by Crippen LogP contribution is 2.52. The molecule has 0 atom stereocenters. The third-order valence-corrected chi connectivity index (χ3v) is 7.05. The minimum atomic E-state index is -0.268. The molecule has 3 nitrogen and oxygen atoms in total. The van der Waals surface area contributed by atoms with Crippen LogP contribution in [0.2, 0.25) is 0 Å².